The first-order valence-electron chi connectivity index (χ1n) is 8.95. The first kappa shape index (κ1) is 22.9. The van der Waals surface area contributed by atoms with Crippen LogP contribution in [0.1, 0.15) is 41.0 Å². The van der Waals surface area contributed by atoms with Crippen LogP contribution in [0.5, 0.6) is 0 Å². The van der Waals surface area contributed by atoms with Crippen molar-refractivity contribution in [3.63, 3.8) is 0 Å². The van der Waals surface area contributed by atoms with E-state index in [4.69, 9.17) is 4.99 Å². The molecule has 6 heteroatoms. The van der Waals surface area contributed by atoms with Crippen molar-refractivity contribution in [2.45, 2.75) is 53.1 Å². The van der Waals surface area contributed by atoms with Gasteiger partial charge in [0.25, 0.3) is 0 Å². The van der Waals surface area contributed by atoms with E-state index in [1.165, 1.54) is 0 Å². The highest BCUT2D eigenvalue weighted by Gasteiger charge is 2.24. The van der Waals surface area contributed by atoms with E-state index in [2.05, 4.69) is 62.1 Å². The molecule has 2 atom stereocenters. The number of piperazine rings is 1. The Kier molecular flexibility index (Phi) is 12.3. The van der Waals surface area contributed by atoms with E-state index in [-0.39, 0.29) is 24.0 Å². The fourth-order valence-corrected chi connectivity index (χ4v) is 2.74. The molecular formula is C17H38IN5. The number of aliphatic imine (C=N–C) groups is 1. The quantitative estimate of drug-likeness (QED) is 0.363. The fraction of sp³-hybridized carbons (Fsp3) is 0.941. The molecule has 2 N–H and O–H groups in total. The highest BCUT2D eigenvalue weighted by Crippen LogP contribution is 2.14. The van der Waals surface area contributed by atoms with Gasteiger partial charge in [0, 0.05) is 44.8 Å². The van der Waals surface area contributed by atoms with Crippen LogP contribution in [0.4, 0.5) is 0 Å². The maximum absolute atomic E-state index is 4.86. The average molecular weight is 439 g/mol. The highest BCUT2D eigenvalue weighted by molar-refractivity contribution is 14.0. The second-order valence-electron chi connectivity index (χ2n) is 6.82. The molecule has 1 heterocycles. The van der Waals surface area contributed by atoms with Gasteiger partial charge in [0.2, 0.25) is 0 Å². The van der Waals surface area contributed by atoms with Crippen molar-refractivity contribution in [1.29, 1.82) is 0 Å². The molecule has 1 aliphatic heterocycles. The molecule has 0 aromatic rings. The maximum Gasteiger partial charge on any atom is 0.191 e. The molecule has 1 fully saturated rings. The monoisotopic (exact) mass is 439 g/mol. The van der Waals surface area contributed by atoms with Gasteiger partial charge in [-0.3, -0.25) is 9.89 Å². The predicted molar refractivity (Wildman–Crippen MR) is 112 cm³/mol. The minimum Gasteiger partial charge on any atom is -0.357 e. The molecule has 0 radical (unpaired) electrons. The maximum atomic E-state index is 4.86. The molecule has 0 aromatic heterocycles. The lowest BCUT2D eigenvalue weighted by atomic mass is 10.0. The van der Waals surface area contributed by atoms with E-state index in [9.17, 15) is 0 Å². The minimum atomic E-state index is 0. The Morgan fingerprint density at radius 2 is 1.70 bits per heavy atom. The van der Waals surface area contributed by atoms with Gasteiger partial charge in [-0.05, 0) is 33.2 Å². The summed E-state index contributed by atoms with van der Waals surface area (Å²) in [6.45, 7) is 17.6. The van der Waals surface area contributed by atoms with Crippen molar-refractivity contribution in [3.05, 3.63) is 0 Å². The van der Waals surface area contributed by atoms with Crippen LogP contribution in [0.2, 0.25) is 0 Å². The van der Waals surface area contributed by atoms with Gasteiger partial charge < -0.3 is 15.5 Å². The number of likely N-dealkylation sites (N-methyl/N-ethyl adjacent to an activating group) is 1. The lowest BCUT2D eigenvalue weighted by Gasteiger charge is -2.39. The second-order valence-corrected chi connectivity index (χ2v) is 6.82. The van der Waals surface area contributed by atoms with Gasteiger partial charge >= 0.3 is 0 Å². The number of nitrogens with one attached hydrogen (secondary N) is 2. The summed E-state index contributed by atoms with van der Waals surface area (Å²) in [4.78, 5) is 9.88. The number of guanidine groups is 1. The van der Waals surface area contributed by atoms with Crippen LogP contribution in [-0.2, 0) is 0 Å². The lowest BCUT2D eigenvalue weighted by molar-refractivity contribution is 0.0925. The first-order valence-corrected chi connectivity index (χ1v) is 8.95. The van der Waals surface area contributed by atoms with Crippen molar-refractivity contribution in [1.82, 2.24) is 20.4 Å². The molecule has 138 valence electrons. The van der Waals surface area contributed by atoms with E-state index in [0.717, 1.165) is 51.6 Å². The van der Waals surface area contributed by atoms with E-state index < -0.39 is 0 Å². The van der Waals surface area contributed by atoms with Gasteiger partial charge in [-0.2, -0.15) is 0 Å². The summed E-state index contributed by atoms with van der Waals surface area (Å²) in [6.07, 6.45) is 1.11. The molecule has 23 heavy (non-hydrogen) atoms. The van der Waals surface area contributed by atoms with Crippen LogP contribution >= 0.6 is 24.0 Å². The zero-order valence-corrected chi connectivity index (χ0v) is 18.3. The number of halogens is 1. The molecule has 0 saturated carbocycles. The van der Waals surface area contributed by atoms with Crippen molar-refractivity contribution in [3.8, 4) is 0 Å². The summed E-state index contributed by atoms with van der Waals surface area (Å²) in [7, 11) is 2.21. The van der Waals surface area contributed by atoms with E-state index in [0.29, 0.717) is 18.0 Å². The Morgan fingerprint density at radius 3 is 2.17 bits per heavy atom. The Bertz CT molecular complexity index is 327. The van der Waals surface area contributed by atoms with Crippen LogP contribution in [0.25, 0.3) is 0 Å². The van der Waals surface area contributed by atoms with Crippen LogP contribution < -0.4 is 10.6 Å². The van der Waals surface area contributed by atoms with Crippen LogP contribution in [-0.4, -0.2) is 74.2 Å². The third kappa shape index (κ3) is 8.54. The van der Waals surface area contributed by atoms with Crippen molar-refractivity contribution in [2.24, 2.45) is 10.9 Å². The Labute approximate surface area is 160 Å². The molecular weight excluding hydrogens is 401 g/mol. The highest BCUT2D eigenvalue weighted by atomic mass is 127. The second kappa shape index (κ2) is 12.3. The zero-order valence-electron chi connectivity index (χ0n) is 15.9. The SMILES string of the molecule is CCNC(=NCC(C(C)C)N1CCN(C)CC1)NC(C)CC.I. The van der Waals surface area contributed by atoms with Crippen LogP contribution in [0.3, 0.4) is 0 Å². The largest absolute Gasteiger partial charge is 0.357 e. The summed E-state index contributed by atoms with van der Waals surface area (Å²) in [6, 6.07) is 0.986. The molecule has 0 aromatic carbocycles. The van der Waals surface area contributed by atoms with Crippen LogP contribution in [0, 0.1) is 5.92 Å². The molecule has 0 aliphatic carbocycles. The van der Waals surface area contributed by atoms with Crippen molar-refractivity contribution >= 4 is 29.9 Å². The van der Waals surface area contributed by atoms with Gasteiger partial charge in [0.1, 0.15) is 0 Å². The van der Waals surface area contributed by atoms with Gasteiger partial charge in [0.05, 0.1) is 6.54 Å². The third-order valence-corrected chi connectivity index (χ3v) is 4.55. The summed E-state index contributed by atoms with van der Waals surface area (Å²) in [5.74, 6) is 1.58. The first-order chi connectivity index (χ1) is 10.5. The molecule has 0 bridgehead atoms. The topological polar surface area (TPSA) is 42.9 Å². The van der Waals surface area contributed by atoms with Crippen molar-refractivity contribution in [2.75, 3.05) is 46.3 Å². The Balaban J connectivity index is 0.00000484. The van der Waals surface area contributed by atoms with E-state index in [1.807, 2.05) is 0 Å². The molecule has 1 rings (SSSR count). The van der Waals surface area contributed by atoms with Gasteiger partial charge in [0.15, 0.2) is 5.96 Å². The molecule has 2 unspecified atom stereocenters. The smallest absolute Gasteiger partial charge is 0.191 e. The van der Waals surface area contributed by atoms with E-state index in [1.54, 1.807) is 0 Å². The van der Waals surface area contributed by atoms with Gasteiger partial charge in [-0.1, -0.05) is 20.8 Å². The van der Waals surface area contributed by atoms with Crippen LogP contribution in [0.15, 0.2) is 4.99 Å². The van der Waals surface area contributed by atoms with Gasteiger partial charge in [-0.25, -0.2) is 0 Å². The summed E-state index contributed by atoms with van der Waals surface area (Å²) >= 11 is 0. The number of hydrogen-bond acceptors (Lipinski definition) is 3. The number of hydrogen-bond donors (Lipinski definition) is 2. The van der Waals surface area contributed by atoms with Crippen molar-refractivity contribution < 1.29 is 0 Å². The molecule has 1 aliphatic rings. The average Bonchev–Trinajstić information content (AvgIpc) is 2.48. The van der Waals surface area contributed by atoms with E-state index >= 15 is 0 Å². The fourth-order valence-electron chi connectivity index (χ4n) is 2.74. The standard InChI is InChI=1S/C17H37N5.HI/c1-7-15(5)20-17(18-8-2)19-13-16(14(3)4)22-11-9-21(6)10-12-22;/h14-16H,7-13H2,1-6H3,(H2,18,19,20);1H. The summed E-state index contributed by atoms with van der Waals surface area (Å²) in [5, 5.41) is 6.85. The molecule has 1 saturated heterocycles. The van der Waals surface area contributed by atoms with Gasteiger partial charge in [-0.15, -0.1) is 24.0 Å². The normalized spacial score (nSPS) is 20.0. The lowest BCUT2D eigenvalue weighted by Crippen LogP contribution is -2.52. The zero-order chi connectivity index (χ0) is 16.5. The number of nitrogens with zero attached hydrogens (tertiary/aromatic N) is 3. The number of rotatable bonds is 7. The molecule has 5 nitrogen and oxygen atoms in total. The molecule has 0 spiro atoms. The summed E-state index contributed by atoms with van der Waals surface area (Å²) in [5.41, 5.74) is 0. The molecule has 0 amide bonds. The summed E-state index contributed by atoms with van der Waals surface area (Å²) < 4.78 is 0. The predicted octanol–water partition coefficient (Wildman–Crippen LogP) is 2.23. The third-order valence-electron chi connectivity index (χ3n) is 4.55. The Morgan fingerprint density at radius 1 is 1.09 bits per heavy atom. The Hall–Kier alpha value is -0.0800. The minimum absolute atomic E-state index is 0.